The maximum atomic E-state index is 12.2. The first-order valence-corrected chi connectivity index (χ1v) is 6.19. The average Bonchev–Trinajstić information content (AvgIpc) is 3.11. The molecule has 0 saturated carbocycles. The molecule has 20 heavy (non-hydrogen) atoms. The van der Waals surface area contributed by atoms with E-state index in [1.165, 1.54) is 0 Å². The van der Waals surface area contributed by atoms with Crippen LogP contribution in [0.25, 0.3) is 11.4 Å². The van der Waals surface area contributed by atoms with Crippen molar-refractivity contribution in [1.82, 2.24) is 20.6 Å². The molecule has 0 aliphatic carbocycles. The van der Waals surface area contributed by atoms with Crippen molar-refractivity contribution in [2.24, 2.45) is 5.73 Å². The third-order valence-electron chi connectivity index (χ3n) is 3.23. The van der Waals surface area contributed by atoms with Gasteiger partial charge in [-0.05, 0) is 23.8 Å². The van der Waals surface area contributed by atoms with Gasteiger partial charge in [0.1, 0.15) is 5.54 Å². The molecule has 1 aliphatic heterocycles. The Labute approximate surface area is 114 Å². The van der Waals surface area contributed by atoms with Gasteiger partial charge in [-0.25, -0.2) is 0 Å². The fourth-order valence-electron chi connectivity index (χ4n) is 2.04. The topological polar surface area (TPSA) is 119 Å². The zero-order chi connectivity index (χ0) is 14.0. The lowest BCUT2D eigenvalue weighted by atomic mass is 9.99. The molecule has 1 aromatic heterocycles. The number of aromatic nitrogens is 4. The van der Waals surface area contributed by atoms with Crippen molar-refractivity contribution < 1.29 is 9.53 Å². The summed E-state index contributed by atoms with van der Waals surface area (Å²) in [6.07, 6.45) is 0.517. The van der Waals surface area contributed by atoms with Crippen molar-refractivity contribution in [3.63, 3.8) is 0 Å². The number of anilines is 1. The summed E-state index contributed by atoms with van der Waals surface area (Å²) in [5.41, 5.74) is 6.44. The number of aromatic amines is 1. The third kappa shape index (κ3) is 2.38. The fraction of sp³-hybridized carbons (Fsp3) is 0.333. The van der Waals surface area contributed by atoms with Gasteiger partial charge in [0.05, 0.1) is 6.61 Å². The predicted octanol–water partition coefficient (Wildman–Crippen LogP) is -0.0770. The number of nitrogens with two attached hydrogens (primary N) is 1. The number of hydrogen-bond acceptors (Lipinski definition) is 6. The van der Waals surface area contributed by atoms with Crippen LogP contribution in [0.3, 0.4) is 0 Å². The van der Waals surface area contributed by atoms with Crippen LogP contribution < -0.4 is 11.1 Å². The number of nitrogens with zero attached hydrogens (tertiary/aromatic N) is 3. The van der Waals surface area contributed by atoms with Crippen LogP contribution >= 0.6 is 0 Å². The van der Waals surface area contributed by atoms with Gasteiger partial charge in [0.2, 0.25) is 11.7 Å². The van der Waals surface area contributed by atoms with Crippen molar-refractivity contribution in [3.05, 3.63) is 24.3 Å². The Hall–Kier alpha value is -2.32. The summed E-state index contributed by atoms with van der Waals surface area (Å²) in [7, 11) is 0. The molecule has 1 aromatic carbocycles. The summed E-state index contributed by atoms with van der Waals surface area (Å²) in [5, 5.41) is 16.5. The first kappa shape index (κ1) is 12.7. The highest BCUT2D eigenvalue weighted by atomic mass is 16.5. The van der Waals surface area contributed by atoms with E-state index in [2.05, 4.69) is 25.9 Å². The van der Waals surface area contributed by atoms with Crippen molar-refractivity contribution in [3.8, 4) is 11.4 Å². The Morgan fingerprint density at radius 1 is 1.50 bits per heavy atom. The van der Waals surface area contributed by atoms with Crippen LogP contribution in [-0.2, 0) is 9.53 Å². The average molecular weight is 274 g/mol. The summed E-state index contributed by atoms with van der Waals surface area (Å²) in [4.78, 5) is 12.2. The van der Waals surface area contributed by atoms with Crippen LogP contribution in [0.15, 0.2) is 24.3 Å². The smallest absolute Gasteiger partial charge is 0.246 e. The number of rotatable bonds is 3. The van der Waals surface area contributed by atoms with E-state index >= 15 is 0 Å². The third-order valence-corrected chi connectivity index (χ3v) is 3.23. The lowest BCUT2D eigenvalue weighted by Crippen LogP contribution is -2.51. The van der Waals surface area contributed by atoms with E-state index in [1.54, 1.807) is 18.2 Å². The van der Waals surface area contributed by atoms with E-state index in [4.69, 9.17) is 10.5 Å². The van der Waals surface area contributed by atoms with E-state index in [9.17, 15) is 4.79 Å². The van der Waals surface area contributed by atoms with E-state index in [1.807, 2.05) is 6.07 Å². The number of H-pyrrole nitrogens is 1. The molecule has 4 N–H and O–H groups in total. The first-order valence-electron chi connectivity index (χ1n) is 6.19. The Kier molecular flexibility index (Phi) is 3.17. The second kappa shape index (κ2) is 4.99. The summed E-state index contributed by atoms with van der Waals surface area (Å²) in [6.45, 7) is 0.746. The molecule has 1 fully saturated rings. The maximum Gasteiger partial charge on any atom is 0.246 e. The van der Waals surface area contributed by atoms with Gasteiger partial charge in [-0.2, -0.15) is 5.21 Å². The molecule has 2 aromatic rings. The van der Waals surface area contributed by atoms with Crippen molar-refractivity contribution in [2.75, 3.05) is 18.5 Å². The van der Waals surface area contributed by atoms with E-state index < -0.39 is 5.54 Å². The number of ether oxygens (including phenoxy) is 1. The SMILES string of the molecule is NC1(C(=O)Nc2cccc(-c3nn[nH]n3)c2)CCOC1. The molecule has 3 rings (SSSR count). The summed E-state index contributed by atoms with van der Waals surface area (Å²) < 4.78 is 5.18. The lowest BCUT2D eigenvalue weighted by molar-refractivity contribution is -0.121. The molecule has 1 unspecified atom stereocenters. The molecule has 0 bridgehead atoms. The number of amides is 1. The van der Waals surface area contributed by atoms with Crippen LogP contribution in [0.5, 0.6) is 0 Å². The highest BCUT2D eigenvalue weighted by Crippen LogP contribution is 2.21. The Balaban J connectivity index is 1.78. The van der Waals surface area contributed by atoms with Crippen LogP contribution in [-0.4, -0.2) is 45.3 Å². The number of tetrazole rings is 1. The molecular weight excluding hydrogens is 260 g/mol. The van der Waals surface area contributed by atoms with Gasteiger partial charge in [0, 0.05) is 17.9 Å². The predicted molar refractivity (Wildman–Crippen MR) is 70.6 cm³/mol. The molecule has 8 nitrogen and oxygen atoms in total. The second-order valence-corrected chi connectivity index (χ2v) is 4.73. The van der Waals surface area contributed by atoms with Crippen molar-refractivity contribution >= 4 is 11.6 Å². The molecule has 0 spiro atoms. The van der Waals surface area contributed by atoms with Gasteiger partial charge in [-0.1, -0.05) is 12.1 Å². The zero-order valence-electron chi connectivity index (χ0n) is 10.7. The molecular formula is C12H14N6O2. The van der Waals surface area contributed by atoms with Crippen LogP contribution in [0.2, 0.25) is 0 Å². The summed E-state index contributed by atoms with van der Waals surface area (Å²) >= 11 is 0. The van der Waals surface area contributed by atoms with Crippen LogP contribution in [0.1, 0.15) is 6.42 Å². The minimum atomic E-state index is -0.956. The van der Waals surface area contributed by atoms with Gasteiger partial charge in [-0.15, -0.1) is 10.2 Å². The monoisotopic (exact) mass is 274 g/mol. The lowest BCUT2D eigenvalue weighted by Gasteiger charge is -2.20. The number of nitrogens with one attached hydrogen (secondary N) is 2. The van der Waals surface area contributed by atoms with Gasteiger partial charge < -0.3 is 15.8 Å². The van der Waals surface area contributed by atoms with Crippen molar-refractivity contribution in [2.45, 2.75) is 12.0 Å². The molecule has 104 valence electrons. The number of hydrogen-bond donors (Lipinski definition) is 3. The number of carbonyl (C=O) groups is 1. The molecule has 1 aliphatic rings. The quantitative estimate of drug-likeness (QED) is 0.720. The Morgan fingerprint density at radius 3 is 3.10 bits per heavy atom. The highest BCUT2D eigenvalue weighted by molar-refractivity contribution is 5.98. The minimum absolute atomic E-state index is 0.239. The molecule has 1 atom stereocenters. The molecule has 1 amide bonds. The van der Waals surface area contributed by atoms with Gasteiger partial charge in [0.15, 0.2) is 0 Å². The van der Waals surface area contributed by atoms with Gasteiger partial charge >= 0.3 is 0 Å². The van der Waals surface area contributed by atoms with Gasteiger partial charge in [-0.3, -0.25) is 4.79 Å². The Bertz CT molecular complexity index is 606. The summed E-state index contributed by atoms with van der Waals surface area (Å²) in [6, 6.07) is 7.18. The number of carbonyl (C=O) groups excluding carboxylic acids is 1. The maximum absolute atomic E-state index is 12.2. The molecule has 2 heterocycles. The van der Waals surface area contributed by atoms with E-state index in [-0.39, 0.29) is 12.5 Å². The molecule has 1 saturated heterocycles. The summed E-state index contributed by atoms with van der Waals surface area (Å²) in [5.74, 6) is 0.216. The largest absolute Gasteiger partial charge is 0.379 e. The van der Waals surface area contributed by atoms with Crippen LogP contribution in [0.4, 0.5) is 5.69 Å². The van der Waals surface area contributed by atoms with Crippen LogP contribution in [0, 0.1) is 0 Å². The highest BCUT2D eigenvalue weighted by Gasteiger charge is 2.38. The molecule has 8 heteroatoms. The second-order valence-electron chi connectivity index (χ2n) is 4.73. The molecule has 0 radical (unpaired) electrons. The number of benzene rings is 1. The minimum Gasteiger partial charge on any atom is -0.379 e. The normalized spacial score (nSPS) is 21.9. The fourth-order valence-corrected chi connectivity index (χ4v) is 2.04. The van der Waals surface area contributed by atoms with E-state index in [0.717, 1.165) is 5.56 Å². The standard InChI is InChI=1S/C12H14N6O2/c13-12(4-5-20-7-12)11(19)14-9-3-1-2-8(6-9)10-15-17-18-16-10/h1-3,6H,4-5,7,13H2,(H,14,19)(H,15,16,17,18). The first-order chi connectivity index (χ1) is 9.67. The van der Waals surface area contributed by atoms with Crippen molar-refractivity contribution in [1.29, 1.82) is 0 Å². The van der Waals surface area contributed by atoms with Gasteiger partial charge in [0.25, 0.3) is 0 Å². The zero-order valence-corrected chi connectivity index (χ0v) is 10.7. The van der Waals surface area contributed by atoms with E-state index in [0.29, 0.717) is 24.5 Å². The Morgan fingerprint density at radius 2 is 2.40 bits per heavy atom.